The Bertz CT molecular complexity index is 590. The van der Waals surface area contributed by atoms with Crippen molar-refractivity contribution in [2.24, 2.45) is 0 Å². The first-order valence-electron chi connectivity index (χ1n) is 5.64. The molecule has 0 aliphatic heterocycles. The van der Waals surface area contributed by atoms with Crippen molar-refractivity contribution in [3.63, 3.8) is 0 Å². The monoisotopic (exact) mass is 275 g/mol. The van der Waals surface area contributed by atoms with Crippen LogP contribution in [-0.2, 0) is 4.79 Å². The Kier molecular flexibility index (Phi) is 4.35. The molecule has 0 fully saturated rings. The lowest BCUT2D eigenvalue weighted by atomic mass is 10.3. The molecule has 0 unspecified atom stereocenters. The molecule has 0 saturated heterocycles. The molecule has 2 aromatic rings. The van der Waals surface area contributed by atoms with Crippen molar-refractivity contribution >= 4 is 23.4 Å². The summed E-state index contributed by atoms with van der Waals surface area (Å²) >= 11 is 1.34. The minimum absolute atomic E-state index is 0.122. The van der Waals surface area contributed by atoms with Gasteiger partial charge in [0.2, 0.25) is 5.91 Å². The molecule has 2 N–H and O–H groups in total. The molecule has 1 amide bonds. The molecule has 2 rings (SSSR count). The van der Waals surface area contributed by atoms with E-state index in [0.29, 0.717) is 5.69 Å². The molecule has 0 spiro atoms. The number of aromatic nitrogens is 2. The highest BCUT2D eigenvalue weighted by molar-refractivity contribution is 7.99. The van der Waals surface area contributed by atoms with E-state index < -0.39 is 0 Å². The van der Waals surface area contributed by atoms with Crippen LogP contribution < -0.4 is 5.32 Å². The number of phenolic OH excluding ortho intramolecular Hbond substituents is 1. The highest BCUT2D eigenvalue weighted by Crippen LogP contribution is 2.18. The van der Waals surface area contributed by atoms with Crippen LogP contribution in [0.15, 0.2) is 41.7 Å². The molecule has 19 heavy (non-hydrogen) atoms. The molecular formula is C13H13N3O2S. The van der Waals surface area contributed by atoms with Gasteiger partial charge in [0.05, 0.1) is 5.75 Å². The van der Waals surface area contributed by atoms with Gasteiger partial charge in [-0.1, -0.05) is 17.8 Å². The summed E-state index contributed by atoms with van der Waals surface area (Å²) in [5, 5.41) is 12.8. The van der Waals surface area contributed by atoms with Gasteiger partial charge in [0.25, 0.3) is 0 Å². The van der Waals surface area contributed by atoms with Crippen molar-refractivity contribution in [1.82, 2.24) is 9.97 Å². The summed E-state index contributed by atoms with van der Waals surface area (Å²) in [6, 6.07) is 8.26. The van der Waals surface area contributed by atoms with E-state index in [1.54, 1.807) is 18.2 Å². The number of hydrogen-bond donors (Lipinski definition) is 2. The molecule has 5 nitrogen and oxygen atoms in total. The molecule has 1 heterocycles. The number of hydrogen-bond acceptors (Lipinski definition) is 5. The fourth-order valence-electron chi connectivity index (χ4n) is 1.43. The average Bonchev–Trinajstić information content (AvgIpc) is 2.36. The second kappa shape index (κ2) is 6.19. The third-order valence-corrected chi connectivity index (χ3v) is 3.19. The third kappa shape index (κ3) is 4.26. The molecule has 98 valence electrons. The SMILES string of the molecule is Cc1cc(SCC(=O)Nc2cccc(O)c2)ncn1. The van der Waals surface area contributed by atoms with Gasteiger partial charge < -0.3 is 10.4 Å². The van der Waals surface area contributed by atoms with Crippen molar-refractivity contribution < 1.29 is 9.90 Å². The van der Waals surface area contributed by atoms with Gasteiger partial charge in [0, 0.05) is 17.4 Å². The summed E-state index contributed by atoms with van der Waals surface area (Å²) < 4.78 is 0. The van der Waals surface area contributed by atoms with E-state index in [1.807, 2.05) is 13.0 Å². The van der Waals surface area contributed by atoms with Crippen LogP contribution in [0, 0.1) is 6.92 Å². The Morgan fingerprint density at radius 1 is 1.37 bits per heavy atom. The van der Waals surface area contributed by atoms with Gasteiger partial charge in [-0.2, -0.15) is 0 Å². The van der Waals surface area contributed by atoms with Gasteiger partial charge in [0.1, 0.15) is 17.1 Å². The summed E-state index contributed by atoms with van der Waals surface area (Å²) in [4.78, 5) is 19.8. The molecule has 6 heteroatoms. The summed E-state index contributed by atoms with van der Waals surface area (Å²) in [5.41, 5.74) is 1.44. The maximum Gasteiger partial charge on any atom is 0.234 e. The van der Waals surface area contributed by atoms with Crippen molar-refractivity contribution in [3.8, 4) is 5.75 Å². The predicted octanol–water partition coefficient (Wildman–Crippen LogP) is 2.22. The van der Waals surface area contributed by atoms with Gasteiger partial charge in [0.15, 0.2) is 0 Å². The van der Waals surface area contributed by atoms with Crippen molar-refractivity contribution in [3.05, 3.63) is 42.4 Å². The van der Waals surface area contributed by atoms with Crippen LogP contribution in [0.3, 0.4) is 0 Å². The van der Waals surface area contributed by atoms with E-state index in [-0.39, 0.29) is 17.4 Å². The third-order valence-electron chi connectivity index (χ3n) is 2.26. The summed E-state index contributed by atoms with van der Waals surface area (Å²) in [7, 11) is 0. The second-order valence-electron chi connectivity index (χ2n) is 3.88. The number of amides is 1. The van der Waals surface area contributed by atoms with Gasteiger partial charge in [-0.3, -0.25) is 4.79 Å². The molecule has 1 aromatic heterocycles. The lowest BCUT2D eigenvalue weighted by Gasteiger charge is -2.05. The van der Waals surface area contributed by atoms with E-state index in [4.69, 9.17) is 0 Å². The molecule has 0 aliphatic rings. The number of carbonyl (C=O) groups is 1. The van der Waals surface area contributed by atoms with Crippen LogP contribution in [0.1, 0.15) is 5.69 Å². The summed E-state index contributed by atoms with van der Waals surface area (Å²) in [6.45, 7) is 1.87. The zero-order valence-corrected chi connectivity index (χ0v) is 11.1. The van der Waals surface area contributed by atoms with E-state index in [9.17, 15) is 9.90 Å². The van der Waals surface area contributed by atoms with Crippen LogP contribution >= 0.6 is 11.8 Å². The quantitative estimate of drug-likeness (QED) is 0.661. The minimum atomic E-state index is -0.146. The number of thioether (sulfide) groups is 1. The van der Waals surface area contributed by atoms with Gasteiger partial charge >= 0.3 is 0 Å². The molecule has 0 radical (unpaired) electrons. The van der Waals surface area contributed by atoms with E-state index >= 15 is 0 Å². The fourth-order valence-corrected chi connectivity index (χ4v) is 2.16. The van der Waals surface area contributed by atoms with Crippen LogP contribution in [0.2, 0.25) is 0 Å². The maximum atomic E-state index is 11.7. The largest absolute Gasteiger partial charge is 0.508 e. The minimum Gasteiger partial charge on any atom is -0.508 e. The number of anilines is 1. The van der Waals surface area contributed by atoms with E-state index in [2.05, 4.69) is 15.3 Å². The first-order valence-corrected chi connectivity index (χ1v) is 6.62. The Balaban J connectivity index is 1.88. The summed E-state index contributed by atoms with van der Waals surface area (Å²) in [6.07, 6.45) is 1.48. The lowest BCUT2D eigenvalue weighted by molar-refractivity contribution is -0.113. The molecular weight excluding hydrogens is 262 g/mol. The van der Waals surface area contributed by atoms with Crippen LogP contribution in [0.25, 0.3) is 0 Å². The van der Waals surface area contributed by atoms with E-state index in [0.717, 1.165) is 10.7 Å². The number of benzene rings is 1. The number of aryl methyl sites for hydroxylation is 1. The van der Waals surface area contributed by atoms with Crippen molar-refractivity contribution in [2.45, 2.75) is 11.9 Å². The lowest BCUT2D eigenvalue weighted by Crippen LogP contribution is -2.14. The standard InChI is InChI=1S/C13H13N3O2S/c1-9-5-13(15-8-14-9)19-7-12(18)16-10-3-2-4-11(17)6-10/h2-6,8,17H,7H2,1H3,(H,16,18). The smallest absolute Gasteiger partial charge is 0.234 e. The number of aromatic hydroxyl groups is 1. The number of rotatable bonds is 4. The first kappa shape index (κ1) is 13.4. The fraction of sp³-hybridized carbons (Fsp3) is 0.154. The van der Waals surface area contributed by atoms with Crippen LogP contribution in [0.5, 0.6) is 5.75 Å². The number of nitrogens with one attached hydrogen (secondary N) is 1. The number of nitrogens with zero attached hydrogens (tertiary/aromatic N) is 2. The maximum absolute atomic E-state index is 11.7. The highest BCUT2D eigenvalue weighted by atomic mass is 32.2. The molecule has 0 aliphatic carbocycles. The number of phenols is 1. The Labute approximate surface area is 115 Å². The normalized spacial score (nSPS) is 10.2. The Morgan fingerprint density at radius 2 is 2.21 bits per heavy atom. The molecule has 1 aromatic carbocycles. The van der Waals surface area contributed by atoms with Crippen LogP contribution in [-0.4, -0.2) is 26.7 Å². The highest BCUT2D eigenvalue weighted by Gasteiger charge is 2.05. The first-order chi connectivity index (χ1) is 9.13. The molecule has 0 atom stereocenters. The van der Waals surface area contributed by atoms with Crippen molar-refractivity contribution in [1.29, 1.82) is 0 Å². The van der Waals surface area contributed by atoms with Gasteiger partial charge in [-0.25, -0.2) is 9.97 Å². The van der Waals surface area contributed by atoms with E-state index in [1.165, 1.54) is 24.2 Å². The average molecular weight is 275 g/mol. The summed E-state index contributed by atoms with van der Waals surface area (Å²) in [5.74, 6) is 0.232. The topological polar surface area (TPSA) is 75.1 Å². The molecule has 0 saturated carbocycles. The predicted molar refractivity (Wildman–Crippen MR) is 74.2 cm³/mol. The number of carbonyl (C=O) groups excluding carboxylic acids is 1. The Morgan fingerprint density at radius 3 is 2.95 bits per heavy atom. The molecule has 0 bridgehead atoms. The van der Waals surface area contributed by atoms with Gasteiger partial charge in [-0.15, -0.1) is 0 Å². The van der Waals surface area contributed by atoms with Gasteiger partial charge in [-0.05, 0) is 25.1 Å². The Hall–Kier alpha value is -2.08. The van der Waals surface area contributed by atoms with Crippen LogP contribution in [0.4, 0.5) is 5.69 Å². The van der Waals surface area contributed by atoms with Crippen molar-refractivity contribution in [2.75, 3.05) is 11.1 Å². The second-order valence-corrected chi connectivity index (χ2v) is 4.88. The zero-order valence-electron chi connectivity index (χ0n) is 10.3. The zero-order chi connectivity index (χ0) is 13.7.